The number of halogens is 1. The fraction of sp³-hybridized carbons (Fsp3) is 0.333. The zero-order chi connectivity index (χ0) is 14.6. The van der Waals surface area contributed by atoms with Crippen LogP contribution in [0.5, 0.6) is 5.75 Å². The molecule has 0 spiro atoms. The molecule has 0 fully saturated rings. The van der Waals surface area contributed by atoms with Crippen molar-refractivity contribution in [2.75, 3.05) is 19.1 Å². The van der Waals surface area contributed by atoms with E-state index in [1.165, 1.54) is 19.1 Å². The summed E-state index contributed by atoms with van der Waals surface area (Å²) in [4.78, 5) is 23.9. The van der Waals surface area contributed by atoms with Crippen LogP contribution in [0.4, 0.5) is 5.69 Å². The minimum Gasteiger partial charge on any atom is -0.495 e. The molecule has 0 radical (unpaired) electrons. The lowest BCUT2D eigenvalue weighted by atomic mass is 10.2. The number of carboxylic acid groups (broad SMARTS) is 1. The van der Waals surface area contributed by atoms with Gasteiger partial charge in [0.2, 0.25) is 5.91 Å². The molecule has 1 unspecified atom stereocenters. The molecule has 0 saturated carbocycles. The van der Waals surface area contributed by atoms with Crippen LogP contribution in [0.2, 0.25) is 0 Å². The van der Waals surface area contributed by atoms with Crippen molar-refractivity contribution in [3.05, 3.63) is 22.7 Å². The molecule has 1 rings (SSSR count). The average molecular weight is 331 g/mol. The molecule has 104 valence electrons. The average Bonchev–Trinajstić information content (AvgIpc) is 2.36. The summed E-state index contributed by atoms with van der Waals surface area (Å²) in [5.74, 6) is -1.10. The van der Waals surface area contributed by atoms with E-state index in [0.29, 0.717) is 11.4 Å². The maximum absolute atomic E-state index is 12.0. The van der Waals surface area contributed by atoms with Gasteiger partial charge in [-0.1, -0.05) is 15.9 Å². The number of carbonyl (C=O) groups excluding carboxylic acids is 1. The Labute approximate surface area is 119 Å². The number of rotatable bonds is 5. The van der Waals surface area contributed by atoms with Gasteiger partial charge in [0, 0.05) is 11.5 Å². The molecule has 0 saturated heterocycles. The number of likely N-dealkylation sites (N-methyl/N-ethyl adjacent to an activating group) is 1. The van der Waals surface area contributed by atoms with Gasteiger partial charge in [-0.3, -0.25) is 9.59 Å². The Morgan fingerprint density at radius 2 is 2.16 bits per heavy atom. The third kappa shape index (κ3) is 3.93. The van der Waals surface area contributed by atoms with Gasteiger partial charge in [-0.2, -0.15) is 0 Å². The monoisotopic (exact) mass is 330 g/mol. The van der Waals surface area contributed by atoms with E-state index >= 15 is 0 Å². The normalized spacial score (nSPS) is 11.8. The molecule has 0 aliphatic rings. The van der Waals surface area contributed by atoms with Gasteiger partial charge in [0.05, 0.1) is 25.3 Å². The minimum absolute atomic E-state index is 0.417. The van der Waals surface area contributed by atoms with Gasteiger partial charge < -0.3 is 20.5 Å². The van der Waals surface area contributed by atoms with Crippen molar-refractivity contribution in [1.82, 2.24) is 0 Å². The summed E-state index contributed by atoms with van der Waals surface area (Å²) in [5.41, 5.74) is 6.08. The van der Waals surface area contributed by atoms with Crippen LogP contribution in [0.1, 0.15) is 6.42 Å². The molecule has 1 atom stereocenters. The number of methoxy groups -OCH3 is 1. The number of carbonyl (C=O) groups is 2. The van der Waals surface area contributed by atoms with Gasteiger partial charge in [0.1, 0.15) is 5.75 Å². The second-order valence-corrected chi connectivity index (χ2v) is 4.83. The lowest BCUT2D eigenvalue weighted by Crippen LogP contribution is -2.43. The zero-order valence-corrected chi connectivity index (χ0v) is 12.2. The molecule has 0 aromatic heterocycles. The number of hydrogen-bond donors (Lipinski definition) is 2. The lowest BCUT2D eigenvalue weighted by Gasteiger charge is -2.22. The van der Waals surface area contributed by atoms with Crippen molar-refractivity contribution in [3.63, 3.8) is 0 Å². The summed E-state index contributed by atoms with van der Waals surface area (Å²) in [6.07, 6.45) is -0.417. The Bertz CT molecular complexity index is 493. The Morgan fingerprint density at radius 3 is 2.68 bits per heavy atom. The summed E-state index contributed by atoms with van der Waals surface area (Å²) in [6, 6.07) is 4.08. The van der Waals surface area contributed by atoms with E-state index in [0.717, 1.165) is 4.47 Å². The SMILES string of the molecule is COc1ccc(Br)cc1N(C)C(=O)C(N)CC(=O)O. The first-order chi connectivity index (χ1) is 8.86. The molecular formula is C12H15BrN2O4. The summed E-state index contributed by atoms with van der Waals surface area (Å²) in [5, 5.41) is 8.65. The predicted molar refractivity (Wildman–Crippen MR) is 74.3 cm³/mol. The largest absolute Gasteiger partial charge is 0.495 e. The van der Waals surface area contributed by atoms with E-state index in [1.54, 1.807) is 18.2 Å². The smallest absolute Gasteiger partial charge is 0.305 e. The van der Waals surface area contributed by atoms with Crippen LogP contribution in [0, 0.1) is 0 Å². The molecule has 0 heterocycles. The molecule has 7 heteroatoms. The molecule has 1 aromatic rings. The number of aliphatic carboxylic acids is 1. The van der Waals surface area contributed by atoms with E-state index in [9.17, 15) is 9.59 Å². The van der Waals surface area contributed by atoms with Crippen LogP contribution in [0.3, 0.4) is 0 Å². The molecular weight excluding hydrogens is 316 g/mol. The fourth-order valence-electron chi connectivity index (χ4n) is 1.57. The molecule has 1 aromatic carbocycles. The van der Waals surface area contributed by atoms with Crippen LogP contribution >= 0.6 is 15.9 Å². The van der Waals surface area contributed by atoms with Crippen molar-refractivity contribution in [2.45, 2.75) is 12.5 Å². The fourth-order valence-corrected chi connectivity index (χ4v) is 1.92. The number of benzene rings is 1. The topological polar surface area (TPSA) is 92.9 Å². The standard InChI is InChI=1S/C12H15BrN2O4/c1-15(12(18)8(14)6-11(16)17)9-5-7(13)3-4-10(9)19-2/h3-5,8H,6,14H2,1-2H3,(H,16,17). The third-order valence-corrected chi connectivity index (χ3v) is 3.04. The first-order valence-corrected chi connectivity index (χ1v) is 6.24. The quantitative estimate of drug-likeness (QED) is 0.846. The molecule has 3 N–H and O–H groups in total. The Kier molecular flexibility index (Phi) is 5.31. The number of ether oxygens (including phenoxy) is 1. The van der Waals surface area contributed by atoms with Crippen LogP contribution in [0.25, 0.3) is 0 Å². The van der Waals surface area contributed by atoms with Crippen LogP contribution < -0.4 is 15.4 Å². The highest BCUT2D eigenvalue weighted by Gasteiger charge is 2.23. The van der Waals surface area contributed by atoms with E-state index in [4.69, 9.17) is 15.6 Å². The van der Waals surface area contributed by atoms with Gasteiger partial charge in [0.15, 0.2) is 0 Å². The van der Waals surface area contributed by atoms with Crippen LogP contribution in [-0.4, -0.2) is 37.2 Å². The van der Waals surface area contributed by atoms with Gasteiger partial charge in [-0.15, -0.1) is 0 Å². The molecule has 0 bridgehead atoms. The zero-order valence-electron chi connectivity index (χ0n) is 10.6. The van der Waals surface area contributed by atoms with E-state index in [1.807, 2.05) is 0 Å². The lowest BCUT2D eigenvalue weighted by molar-refractivity contribution is -0.139. The van der Waals surface area contributed by atoms with Crippen molar-refractivity contribution < 1.29 is 19.4 Å². The molecule has 6 nitrogen and oxygen atoms in total. The summed E-state index contributed by atoms with van der Waals surface area (Å²) >= 11 is 3.30. The van der Waals surface area contributed by atoms with Crippen molar-refractivity contribution >= 4 is 33.5 Å². The van der Waals surface area contributed by atoms with E-state index in [2.05, 4.69) is 15.9 Å². The second-order valence-electron chi connectivity index (χ2n) is 3.92. The Morgan fingerprint density at radius 1 is 1.53 bits per heavy atom. The first kappa shape index (κ1) is 15.5. The van der Waals surface area contributed by atoms with Crippen molar-refractivity contribution in [3.8, 4) is 5.75 Å². The number of carboxylic acids is 1. The van der Waals surface area contributed by atoms with Gasteiger partial charge >= 0.3 is 5.97 Å². The highest BCUT2D eigenvalue weighted by molar-refractivity contribution is 9.10. The molecule has 0 aliphatic carbocycles. The number of hydrogen-bond acceptors (Lipinski definition) is 4. The first-order valence-electron chi connectivity index (χ1n) is 5.45. The van der Waals surface area contributed by atoms with Crippen molar-refractivity contribution in [1.29, 1.82) is 0 Å². The van der Waals surface area contributed by atoms with Gasteiger partial charge in [0.25, 0.3) is 0 Å². The van der Waals surface area contributed by atoms with Crippen molar-refractivity contribution in [2.24, 2.45) is 5.73 Å². The predicted octanol–water partition coefficient (Wildman–Crippen LogP) is 1.22. The van der Waals surface area contributed by atoms with Gasteiger partial charge in [-0.05, 0) is 18.2 Å². The van der Waals surface area contributed by atoms with E-state index < -0.39 is 24.3 Å². The highest BCUT2D eigenvalue weighted by Crippen LogP contribution is 2.30. The number of amides is 1. The summed E-state index contributed by atoms with van der Waals surface area (Å²) in [6.45, 7) is 0. The van der Waals surface area contributed by atoms with E-state index in [-0.39, 0.29) is 0 Å². The van der Waals surface area contributed by atoms with Gasteiger partial charge in [-0.25, -0.2) is 0 Å². The number of anilines is 1. The van der Waals surface area contributed by atoms with Crippen LogP contribution in [0.15, 0.2) is 22.7 Å². The number of nitrogens with two attached hydrogens (primary N) is 1. The minimum atomic E-state index is -1.12. The number of nitrogens with zero attached hydrogens (tertiary/aromatic N) is 1. The molecule has 19 heavy (non-hydrogen) atoms. The maximum atomic E-state index is 12.0. The second kappa shape index (κ2) is 6.53. The Balaban J connectivity index is 2.99. The highest BCUT2D eigenvalue weighted by atomic mass is 79.9. The summed E-state index contributed by atoms with van der Waals surface area (Å²) < 4.78 is 5.93. The molecule has 0 aliphatic heterocycles. The molecule has 1 amide bonds. The Hall–Kier alpha value is -1.60. The third-order valence-electron chi connectivity index (χ3n) is 2.54. The maximum Gasteiger partial charge on any atom is 0.305 e. The summed E-state index contributed by atoms with van der Waals surface area (Å²) in [7, 11) is 3.01. The van der Waals surface area contributed by atoms with Crippen LogP contribution in [-0.2, 0) is 9.59 Å².